The molecule has 0 aromatic carbocycles. The van der Waals surface area contributed by atoms with E-state index in [2.05, 4.69) is 4.98 Å². The fourth-order valence-electron chi connectivity index (χ4n) is 1.76. The van der Waals surface area contributed by atoms with Crippen LogP contribution in [0, 0.1) is 8.21 Å². The third-order valence-corrected chi connectivity index (χ3v) is 4.22. The Bertz CT molecular complexity index is 559. The molecule has 0 amide bonds. The molecule has 7 nitrogen and oxygen atoms in total. The van der Waals surface area contributed by atoms with Crippen molar-refractivity contribution in [2.24, 2.45) is 0 Å². The lowest BCUT2D eigenvalue weighted by Crippen LogP contribution is -2.36. The van der Waals surface area contributed by atoms with Crippen LogP contribution in [0.3, 0.4) is 0 Å². The minimum absolute atomic E-state index is 0.295. The Hall–Kier alpha value is -0.330. The quantitative estimate of drug-likeness (QED) is 0.389. The smallest absolute Gasteiger partial charge is 0.328 e. The molecule has 9 heteroatoms. The molecule has 4 atom stereocenters. The number of aromatic nitrogens is 2. The lowest BCUT2D eigenvalue weighted by atomic mass is 10.1. The molecule has 0 unspecified atom stereocenters. The van der Waals surface area contributed by atoms with Crippen molar-refractivity contribution < 1.29 is 20.1 Å². The van der Waals surface area contributed by atoms with E-state index < -0.39 is 36.8 Å². The highest BCUT2D eigenvalue weighted by Crippen LogP contribution is 2.28. The summed E-state index contributed by atoms with van der Waals surface area (Å²) in [5, 5.41) is 28.4. The molecule has 4 N–H and O–H groups in total. The van der Waals surface area contributed by atoms with Gasteiger partial charge in [0.25, 0.3) is 0 Å². The summed E-state index contributed by atoms with van der Waals surface area (Å²) < 4.78 is 7.27. The van der Waals surface area contributed by atoms with Crippen LogP contribution in [0.1, 0.15) is 6.23 Å². The number of halogens is 1. The van der Waals surface area contributed by atoms with E-state index >= 15 is 0 Å². The van der Waals surface area contributed by atoms with Crippen LogP contribution >= 0.6 is 34.8 Å². The second kappa shape index (κ2) is 5.35. The van der Waals surface area contributed by atoms with Gasteiger partial charge in [-0.05, 0) is 22.6 Å². The number of aliphatic hydroxyl groups is 3. The summed E-state index contributed by atoms with van der Waals surface area (Å²) in [6.45, 7) is -0.441. The van der Waals surface area contributed by atoms with Crippen molar-refractivity contribution in [3.8, 4) is 0 Å². The third-order valence-electron chi connectivity index (χ3n) is 2.72. The molecule has 0 saturated carbocycles. The second-order valence-corrected chi connectivity index (χ2v) is 5.44. The molecule has 18 heavy (non-hydrogen) atoms. The number of nitrogens with zero attached hydrogens (tertiary/aromatic N) is 1. The van der Waals surface area contributed by atoms with Gasteiger partial charge in [0, 0.05) is 6.20 Å². The van der Waals surface area contributed by atoms with Crippen LogP contribution in [0.2, 0.25) is 0 Å². The van der Waals surface area contributed by atoms with Crippen molar-refractivity contribution in [3.05, 3.63) is 24.9 Å². The van der Waals surface area contributed by atoms with Gasteiger partial charge in [0.1, 0.15) is 23.0 Å². The number of rotatable bonds is 2. The average Bonchev–Trinajstić information content (AvgIpc) is 2.61. The molecule has 0 aliphatic carbocycles. The van der Waals surface area contributed by atoms with E-state index in [1.165, 1.54) is 6.20 Å². The number of ether oxygens (including phenoxy) is 1. The maximum absolute atomic E-state index is 11.7. The molecule has 1 fully saturated rings. The summed E-state index contributed by atoms with van der Waals surface area (Å²) >= 11 is 6.84. The Kier molecular flexibility index (Phi) is 4.18. The van der Waals surface area contributed by atoms with Crippen LogP contribution in [0.25, 0.3) is 0 Å². The summed E-state index contributed by atoms with van der Waals surface area (Å²) in [4.78, 5) is 14.2. The Labute approximate surface area is 120 Å². The molecule has 2 heterocycles. The van der Waals surface area contributed by atoms with Crippen molar-refractivity contribution >= 4 is 34.8 Å². The largest absolute Gasteiger partial charge is 0.394 e. The summed E-state index contributed by atoms with van der Waals surface area (Å²) in [6, 6.07) is 0. The molecule has 100 valence electrons. The zero-order valence-corrected chi connectivity index (χ0v) is 12.0. The highest BCUT2D eigenvalue weighted by Gasteiger charge is 2.43. The number of nitrogens with one attached hydrogen (secondary N) is 1. The lowest BCUT2D eigenvalue weighted by molar-refractivity contribution is -0.0551. The van der Waals surface area contributed by atoms with E-state index in [1.54, 1.807) is 0 Å². The maximum atomic E-state index is 11.7. The third kappa shape index (κ3) is 2.38. The van der Waals surface area contributed by atoms with Gasteiger partial charge in [-0.25, -0.2) is 4.79 Å². The van der Waals surface area contributed by atoms with E-state index in [9.17, 15) is 15.0 Å². The van der Waals surface area contributed by atoms with Crippen molar-refractivity contribution in [3.63, 3.8) is 0 Å². The molecule has 1 aliphatic rings. The van der Waals surface area contributed by atoms with E-state index in [1.807, 2.05) is 22.6 Å². The zero-order valence-electron chi connectivity index (χ0n) is 8.99. The number of aromatic amines is 1. The first-order chi connectivity index (χ1) is 8.45. The highest BCUT2D eigenvalue weighted by atomic mass is 127. The minimum atomic E-state index is -1.29. The molecule has 2 rings (SSSR count). The average molecular weight is 386 g/mol. The van der Waals surface area contributed by atoms with E-state index in [0.717, 1.165) is 4.57 Å². The normalized spacial score (nSPS) is 31.8. The minimum Gasteiger partial charge on any atom is -0.394 e. The summed E-state index contributed by atoms with van der Waals surface area (Å²) in [6.07, 6.45) is -3.07. The summed E-state index contributed by atoms with van der Waals surface area (Å²) in [7, 11) is 0. The number of hydrogen-bond donors (Lipinski definition) is 4. The van der Waals surface area contributed by atoms with Crippen LogP contribution in [-0.2, 0) is 4.74 Å². The molecule has 1 saturated heterocycles. The van der Waals surface area contributed by atoms with Crippen LogP contribution in [0.5, 0.6) is 0 Å². The Morgan fingerprint density at radius 3 is 2.72 bits per heavy atom. The van der Waals surface area contributed by atoms with Gasteiger partial charge in [0.15, 0.2) is 6.23 Å². The molecule has 0 radical (unpaired) electrons. The van der Waals surface area contributed by atoms with Gasteiger partial charge in [-0.2, -0.15) is 0 Å². The van der Waals surface area contributed by atoms with Crippen LogP contribution in [-0.4, -0.2) is 49.8 Å². The Balaban J connectivity index is 2.42. The maximum Gasteiger partial charge on any atom is 0.328 e. The number of H-pyrrole nitrogens is 1. The highest BCUT2D eigenvalue weighted by molar-refractivity contribution is 14.1. The standard InChI is InChI=1S/C9H11IN2O5S/c10-3-1-12(9(16)11-7(3)18)8-6(15)5(14)4(2-13)17-8/h1,4-6,8,13-15H,2H2,(H,11,16,18)/t4-,5-,6-,8-/m1/s1. The zero-order chi connectivity index (χ0) is 13.4. The SMILES string of the molecule is O=c1[nH]c(=S)c(I)cn1[C@@H]1O[C@H](CO)[C@@H](O)[C@H]1O. The van der Waals surface area contributed by atoms with Gasteiger partial charge in [-0.15, -0.1) is 0 Å². The number of hydrogen-bond acceptors (Lipinski definition) is 6. The first-order valence-corrected chi connectivity index (χ1v) is 6.58. The fraction of sp³-hybridized carbons (Fsp3) is 0.556. The van der Waals surface area contributed by atoms with Gasteiger partial charge < -0.3 is 20.1 Å². The summed E-state index contributed by atoms with van der Waals surface area (Å²) in [5.74, 6) is 0. The van der Waals surface area contributed by atoms with Gasteiger partial charge in [-0.1, -0.05) is 12.2 Å². The van der Waals surface area contributed by atoms with Crippen molar-refractivity contribution in [1.82, 2.24) is 9.55 Å². The Morgan fingerprint density at radius 1 is 1.50 bits per heavy atom. The molecule has 1 aliphatic heterocycles. The monoisotopic (exact) mass is 386 g/mol. The Morgan fingerprint density at radius 2 is 2.17 bits per heavy atom. The van der Waals surface area contributed by atoms with Gasteiger partial charge in [0.2, 0.25) is 0 Å². The van der Waals surface area contributed by atoms with Crippen LogP contribution in [0.4, 0.5) is 0 Å². The fourth-order valence-corrected chi connectivity index (χ4v) is 2.33. The van der Waals surface area contributed by atoms with Gasteiger partial charge in [-0.3, -0.25) is 9.55 Å². The predicted octanol–water partition coefficient (Wildman–Crippen LogP) is -0.878. The molecular weight excluding hydrogens is 375 g/mol. The van der Waals surface area contributed by atoms with Gasteiger partial charge in [0.05, 0.1) is 10.2 Å². The predicted molar refractivity (Wildman–Crippen MR) is 71.6 cm³/mol. The van der Waals surface area contributed by atoms with Crippen molar-refractivity contribution in [1.29, 1.82) is 0 Å². The first kappa shape index (κ1) is 14.1. The van der Waals surface area contributed by atoms with E-state index in [0.29, 0.717) is 8.21 Å². The van der Waals surface area contributed by atoms with Crippen LogP contribution in [0.15, 0.2) is 11.0 Å². The topological polar surface area (TPSA) is 108 Å². The van der Waals surface area contributed by atoms with Crippen molar-refractivity contribution in [2.75, 3.05) is 6.61 Å². The second-order valence-electron chi connectivity index (χ2n) is 3.87. The molecule has 1 aromatic rings. The van der Waals surface area contributed by atoms with E-state index in [4.69, 9.17) is 22.1 Å². The van der Waals surface area contributed by atoms with Gasteiger partial charge >= 0.3 is 5.69 Å². The summed E-state index contributed by atoms with van der Waals surface area (Å²) in [5.41, 5.74) is -0.546. The molecule has 0 spiro atoms. The molecule has 0 bridgehead atoms. The lowest BCUT2D eigenvalue weighted by Gasteiger charge is -2.17. The van der Waals surface area contributed by atoms with Crippen LogP contribution < -0.4 is 5.69 Å². The van der Waals surface area contributed by atoms with E-state index in [-0.39, 0.29) is 0 Å². The molecular formula is C9H11IN2O5S. The first-order valence-electron chi connectivity index (χ1n) is 5.09. The number of aliphatic hydroxyl groups excluding tert-OH is 3. The molecule has 1 aromatic heterocycles. The van der Waals surface area contributed by atoms with Crippen molar-refractivity contribution in [2.45, 2.75) is 24.5 Å².